The van der Waals surface area contributed by atoms with Gasteiger partial charge < -0.3 is 5.32 Å². The van der Waals surface area contributed by atoms with Gasteiger partial charge in [0, 0.05) is 20.8 Å². The van der Waals surface area contributed by atoms with E-state index in [-0.39, 0.29) is 10.6 Å². The van der Waals surface area contributed by atoms with E-state index >= 15 is 0 Å². The molecule has 0 atom stereocenters. The second-order valence-corrected chi connectivity index (χ2v) is 9.18. The van der Waals surface area contributed by atoms with E-state index in [0.29, 0.717) is 20.8 Å². The summed E-state index contributed by atoms with van der Waals surface area (Å²) in [6.45, 7) is -0.461. The summed E-state index contributed by atoms with van der Waals surface area (Å²) >= 11 is 17.8. The highest BCUT2D eigenvalue weighted by atomic mass is 35.5. The molecule has 0 saturated carbocycles. The molecule has 0 aromatic heterocycles. The molecule has 3 aromatic rings. The molecule has 0 spiro atoms. The Balaban J connectivity index is 1.95. The van der Waals surface area contributed by atoms with E-state index in [4.69, 9.17) is 34.8 Å². The molecule has 0 radical (unpaired) electrons. The van der Waals surface area contributed by atoms with Crippen molar-refractivity contribution in [2.75, 3.05) is 16.2 Å². The van der Waals surface area contributed by atoms with Gasteiger partial charge in [0.05, 0.1) is 10.6 Å². The zero-order valence-corrected chi connectivity index (χ0v) is 17.9. The predicted octanol–water partition coefficient (Wildman–Crippen LogP) is 5.48. The van der Waals surface area contributed by atoms with Crippen LogP contribution in [0.2, 0.25) is 15.1 Å². The average molecular weight is 470 g/mol. The minimum atomic E-state index is -4.05. The Morgan fingerprint density at radius 3 is 2.07 bits per heavy atom. The normalized spacial score (nSPS) is 11.1. The van der Waals surface area contributed by atoms with E-state index in [1.165, 1.54) is 30.3 Å². The summed E-state index contributed by atoms with van der Waals surface area (Å²) < 4.78 is 27.5. The molecule has 5 nitrogen and oxygen atoms in total. The first kappa shape index (κ1) is 21.5. The third-order valence-electron chi connectivity index (χ3n) is 3.89. The first-order chi connectivity index (χ1) is 13.8. The van der Waals surface area contributed by atoms with Crippen molar-refractivity contribution < 1.29 is 13.2 Å². The van der Waals surface area contributed by atoms with Crippen molar-refractivity contribution in [3.05, 3.63) is 87.9 Å². The molecule has 150 valence electrons. The standard InChI is InChI=1S/C20H15Cl3N2O3S/c21-14-7-9-19(10-8-14)29(27,28)25(18-6-2-4-16(23)12-18)13-20(26)24-17-5-1-3-15(22)11-17/h1-12H,13H2,(H,24,26). The van der Waals surface area contributed by atoms with E-state index in [9.17, 15) is 13.2 Å². The Morgan fingerprint density at radius 1 is 0.828 bits per heavy atom. The van der Waals surface area contributed by atoms with Crippen LogP contribution in [0, 0.1) is 0 Å². The first-order valence-electron chi connectivity index (χ1n) is 8.35. The molecule has 9 heteroatoms. The second-order valence-electron chi connectivity index (χ2n) is 6.00. The van der Waals surface area contributed by atoms with Crippen molar-refractivity contribution in [1.29, 1.82) is 0 Å². The monoisotopic (exact) mass is 468 g/mol. The molecule has 0 aliphatic heterocycles. The summed E-state index contributed by atoms with van der Waals surface area (Å²) in [6.07, 6.45) is 0. The van der Waals surface area contributed by atoms with Gasteiger partial charge in [-0.05, 0) is 60.7 Å². The summed E-state index contributed by atoms with van der Waals surface area (Å²) in [7, 11) is -4.05. The summed E-state index contributed by atoms with van der Waals surface area (Å²) in [4.78, 5) is 12.6. The zero-order chi connectivity index (χ0) is 21.0. The Kier molecular flexibility index (Phi) is 6.70. The van der Waals surface area contributed by atoms with Crippen LogP contribution in [-0.2, 0) is 14.8 Å². The van der Waals surface area contributed by atoms with Gasteiger partial charge in [-0.1, -0.05) is 46.9 Å². The van der Waals surface area contributed by atoms with Gasteiger partial charge in [0.15, 0.2) is 0 Å². The van der Waals surface area contributed by atoms with E-state index in [1.807, 2.05) is 0 Å². The third kappa shape index (κ3) is 5.42. The Labute approximate surface area is 183 Å². The fourth-order valence-corrected chi connectivity index (χ4v) is 4.49. The second kappa shape index (κ2) is 9.05. The van der Waals surface area contributed by atoms with E-state index in [2.05, 4.69) is 5.32 Å². The minimum Gasteiger partial charge on any atom is -0.324 e. The molecule has 29 heavy (non-hydrogen) atoms. The van der Waals surface area contributed by atoms with Crippen molar-refractivity contribution in [1.82, 2.24) is 0 Å². The molecule has 0 unspecified atom stereocenters. The Bertz CT molecular complexity index is 1140. The van der Waals surface area contributed by atoms with Gasteiger partial charge in [-0.15, -0.1) is 0 Å². The highest BCUT2D eigenvalue weighted by Gasteiger charge is 2.27. The number of carbonyl (C=O) groups excluding carboxylic acids is 1. The number of halogens is 3. The van der Waals surface area contributed by atoms with Crippen LogP contribution in [-0.4, -0.2) is 20.9 Å². The molecule has 1 amide bonds. The van der Waals surface area contributed by atoms with Gasteiger partial charge in [-0.2, -0.15) is 0 Å². The first-order valence-corrected chi connectivity index (χ1v) is 10.9. The fraction of sp³-hybridized carbons (Fsp3) is 0.0500. The number of amides is 1. The van der Waals surface area contributed by atoms with Crippen molar-refractivity contribution in [2.45, 2.75) is 4.90 Å². The third-order valence-corrected chi connectivity index (χ3v) is 6.40. The SMILES string of the molecule is O=C(CN(c1cccc(Cl)c1)S(=O)(=O)c1ccc(Cl)cc1)Nc1cccc(Cl)c1. The van der Waals surface area contributed by atoms with Crippen LogP contribution in [0.4, 0.5) is 11.4 Å². The van der Waals surface area contributed by atoms with Crippen molar-refractivity contribution >= 4 is 62.1 Å². The molecule has 0 aliphatic carbocycles. The maximum Gasteiger partial charge on any atom is 0.264 e. The number of benzene rings is 3. The number of rotatable bonds is 6. The van der Waals surface area contributed by atoms with Crippen LogP contribution in [0.3, 0.4) is 0 Å². The number of nitrogens with one attached hydrogen (secondary N) is 1. The van der Waals surface area contributed by atoms with E-state index in [1.54, 1.807) is 42.5 Å². The van der Waals surface area contributed by atoms with Gasteiger partial charge in [-0.3, -0.25) is 9.10 Å². The fourth-order valence-electron chi connectivity index (χ4n) is 2.58. The molecule has 3 rings (SSSR count). The lowest BCUT2D eigenvalue weighted by Gasteiger charge is -2.24. The molecule has 3 aromatic carbocycles. The summed E-state index contributed by atoms with van der Waals surface area (Å²) in [5.41, 5.74) is 0.714. The lowest BCUT2D eigenvalue weighted by atomic mass is 10.3. The van der Waals surface area contributed by atoms with Gasteiger partial charge >= 0.3 is 0 Å². The minimum absolute atomic E-state index is 0.00238. The number of anilines is 2. The molecule has 1 N–H and O–H groups in total. The van der Waals surface area contributed by atoms with Crippen molar-refractivity contribution in [3.8, 4) is 0 Å². The van der Waals surface area contributed by atoms with Gasteiger partial charge in [0.2, 0.25) is 5.91 Å². The van der Waals surface area contributed by atoms with Crippen molar-refractivity contribution in [2.24, 2.45) is 0 Å². The lowest BCUT2D eigenvalue weighted by Crippen LogP contribution is -2.38. The summed E-state index contributed by atoms with van der Waals surface area (Å²) in [6, 6.07) is 18.5. The number of carbonyl (C=O) groups is 1. The molecule has 0 fully saturated rings. The molecule has 0 aliphatic rings. The van der Waals surface area contributed by atoms with Crippen LogP contribution in [0.25, 0.3) is 0 Å². The quantitative estimate of drug-likeness (QED) is 0.520. The van der Waals surface area contributed by atoms with Crippen molar-refractivity contribution in [3.63, 3.8) is 0 Å². The number of nitrogens with zero attached hydrogens (tertiary/aromatic N) is 1. The van der Waals surface area contributed by atoms with Crippen LogP contribution in [0.15, 0.2) is 77.7 Å². The average Bonchev–Trinajstić information content (AvgIpc) is 2.66. The lowest BCUT2D eigenvalue weighted by molar-refractivity contribution is -0.114. The Hall–Kier alpha value is -2.25. The molecular weight excluding hydrogens is 455 g/mol. The van der Waals surface area contributed by atoms with Gasteiger partial charge in [0.25, 0.3) is 10.0 Å². The van der Waals surface area contributed by atoms with Crippen LogP contribution in [0.5, 0.6) is 0 Å². The van der Waals surface area contributed by atoms with Gasteiger partial charge in [0.1, 0.15) is 6.54 Å². The maximum atomic E-state index is 13.2. The van der Waals surface area contributed by atoms with Gasteiger partial charge in [-0.25, -0.2) is 8.42 Å². The topological polar surface area (TPSA) is 66.5 Å². The highest BCUT2D eigenvalue weighted by Crippen LogP contribution is 2.27. The number of hydrogen-bond donors (Lipinski definition) is 1. The number of hydrogen-bond acceptors (Lipinski definition) is 3. The predicted molar refractivity (Wildman–Crippen MR) is 118 cm³/mol. The van der Waals surface area contributed by atoms with E-state index in [0.717, 1.165) is 4.31 Å². The number of sulfonamides is 1. The molecule has 0 saturated heterocycles. The summed E-state index contributed by atoms with van der Waals surface area (Å²) in [5, 5.41) is 3.84. The summed E-state index contributed by atoms with van der Waals surface area (Å²) in [5.74, 6) is -0.537. The Morgan fingerprint density at radius 2 is 1.45 bits per heavy atom. The zero-order valence-electron chi connectivity index (χ0n) is 14.8. The largest absolute Gasteiger partial charge is 0.324 e. The highest BCUT2D eigenvalue weighted by molar-refractivity contribution is 7.92. The van der Waals surface area contributed by atoms with Crippen LogP contribution < -0.4 is 9.62 Å². The van der Waals surface area contributed by atoms with E-state index < -0.39 is 22.5 Å². The van der Waals surface area contributed by atoms with Crippen LogP contribution >= 0.6 is 34.8 Å². The molecular formula is C20H15Cl3N2O3S. The maximum absolute atomic E-state index is 13.2. The van der Waals surface area contributed by atoms with Crippen LogP contribution in [0.1, 0.15) is 0 Å². The smallest absolute Gasteiger partial charge is 0.264 e. The molecule has 0 heterocycles. The molecule has 0 bridgehead atoms.